The highest BCUT2D eigenvalue weighted by molar-refractivity contribution is 5.87. The van der Waals surface area contributed by atoms with Gasteiger partial charge in [0, 0.05) is 14.0 Å². The summed E-state index contributed by atoms with van der Waals surface area (Å²) in [6.45, 7) is 13.4. The van der Waals surface area contributed by atoms with Gasteiger partial charge in [0.2, 0.25) is 0 Å². The van der Waals surface area contributed by atoms with Crippen molar-refractivity contribution in [2.24, 2.45) is 5.73 Å². The van der Waals surface area contributed by atoms with E-state index in [4.69, 9.17) is 5.73 Å². The van der Waals surface area contributed by atoms with E-state index in [0.717, 1.165) is 6.54 Å². The highest BCUT2D eigenvalue weighted by Gasteiger charge is 2.28. The van der Waals surface area contributed by atoms with Crippen LogP contribution in [0.15, 0.2) is 0 Å². The average Bonchev–Trinajstić information content (AvgIpc) is 2.54. The number of Topliss-reactive ketones (excluding diaryl/α,β-unsaturated/α-hetero) is 1. The SMILES string of the molecule is CC.CC.CC(C)N1CC(=O)[C@@H](N)C1.[HH]. The number of carbonyl (C=O) groups excluding carboxylic acids is 1. The van der Waals surface area contributed by atoms with Gasteiger partial charge in [-0.1, -0.05) is 27.7 Å². The third-order valence-electron chi connectivity index (χ3n) is 1.93. The molecule has 0 radical (unpaired) electrons. The van der Waals surface area contributed by atoms with Gasteiger partial charge >= 0.3 is 0 Å². The van der Waals surface area contributed by atoms with Gasteiger partial charge in [-0.15, -0.1) is 0 Å². The van der Waals surface area contributed by atoms with Crippen molar-refractivity contribution in [3.63, 3.8) is 0 Å². The summed E-state index contributed by atoms with van der Waals surface area (Å²) < 4.78 is 0. The molecule has 0 aromatic rings. The molecular formula is C11H28N2O. The van der Waals surface area contributed by atoms with E-state index in [9.17, 15) is 4.79 Å². The third kappa shape index (κ3) is 5.35. The lowest BCUT2D eigenvalue weighted by atomic mass is 10.3. The summed E-state index contributed by atoms with van der Waals surface area (Å²) >= 11 is 0. The molecule has 0 aliphatic carbocycles. The minimum absolute atomic E-state index is 0. The van der Waals surface area contributed by atoms with Gasteiger partial charge in [-0.3, -0.25) is 9.69 Å². The summed E-state index contributed by atoms with van der Waals surface area (Å²) in [5.41, 5.74) is 5.52. The van der Waals surface area contributed by atoms with Gasteiger partial charge in [-0.05, 0) is 13.8 Å². The smallest absolute Gasteiger partial charge is 0.164 e. The Morgan fingerprint density at radius 3 is 1.93 bits per heavy atom. The summed E-state index contributed by atoms with van der Waals surface area (Å²) in [6, 6.07) is 0.208. The number of nitrogens with zero attached hydrogens (tertiary/aromatic N) is 1. The van der Waals surface area contributed by atoms with E-state index in [1.165, 1.54) is 0 Å². The van der Waals surface area contributed by atoms with Crippen LogP contribution in [-0.2, 0) is 4.79 Å². The zero-order valence-electron chi connectivity index (χ0n) is 10.5. The molecule has 0 amide bonds. The minimum atomic E-state index is -0.234. The first-order chi connectivity index (χ1) is 6.61. The Bertz CT molecular complexity index is 152. The normalized spacial score (nSPS) is 21.1. The predicted molar refractivity (Wildman–Crippen MR) is 64.5 cm³/mol. The third-order valence-corrected chi connectivity index (χ3v) is 1.93. The van der Waals surface area contributed by atoms with Crippen molar-refractivity contribution in [1.82, 2.24) is 4.90 Å². The Kier molecular flexibility index (Phi) is 10.5. The monoisotopic (exact) mass is 204 g/mol. The minimum Gasteiger partial charge on any atom is -0.320 e. The number of hydrogen-bond donors (Lipinski definition) is 1. The first kappa shape index (κ1) is 16.0. The van der Waals surface area contributed by atoms with Gasteiger partial charge in [0.15, 0.2) is 5.78 Å². The number of hydrogen-bond acceptors (Lipinski definition) is 3. The molecule has 0 unspecified atom stereocenters. The summed E-state index contributed by atoms with van der Waals surface area (Å²) in [7, 11) is 0. The van der Waals surface area contributed by atoms with Crippen LogP contribution in [0.5, 0.6) is 0 Å². The molecule has 0 spiro atoms. The summed E-state index contributed by atoms with van der Waals surface area (Å²) in [6.07, 6.45) is 0. The van der Waals surface area contributed by atoms with Crippen LogP contribution in [0.1, 0.15) is 43.0 Å². The molecule has 14 heavy (non-hydrogen) atoms. The van der Waals surface area contributed by atoms with Crippen molar-refractivity contribution >= 4 is 5.78 Å². The maximum Gasteiger partial charge on any atom is 0.164 e. The van der Waals surface area contributed by atoms with Crippen LogP contribution in [0.2, 0.25) is 0 Å². The molecule has 0 aromatic heterocycles. The maximum atomic E-state index is 10.9. The highest BCUT2D eigenvalue weighted by atomic mass is 16.1. The standard InChI is InChI=1S/C7H14N2O.2C2H6.H2/c1-5(2)9-3-6(8)7(10)4-9;2*1-2;/h5-6H,3-4,8H2,1-2H3;2*1-2H3;1H/t6-;;;/m0.../s1. The zero-order valence-corrected chi connectivity index (χ0v) is 10.5. The lowest BCUT2D eigenvalue weighted by molar-refractivity contribution is -0.117. The quantitative estimate of drug-likeness (QED) is 0.709. The van der Waals surface area contributed by atoms with Gasteiger partial charge < -0.3 is 5.73 Å². The van der Waals surface area contributed by atoms with Crippen LogP contribution in [0.3, 0.4) is 0 Å². The van der Waals surface area contributed by atoms with Gasteiger partial charge in [0.05, 0.1) is 12.6 Å². The molecular weight excluding hydrogens is 176 g/mol. The molecule has 0 saturated carbocycles. The van der Waals surface area contributed by atoms with E-state index >= 15 is 0 Å². The molecule has 2 N–H and O–H groups in total. The Morgan fingerprint density at radius 2 is 1.79 bits per heavy atom. The molecule has 3 nitrogen and oxygen atoms in total. The highest BCUT2D eigenvalue weighted by Crippen LogP contribution is 2.06. The van der Waals surface area contributed by atoms with Crippen molar-refractivity contribution in [3.05, 3.63) is 0 Å². The van der Waals surface area contributed by atoms with Crippen molar-refractivity contribution in [3.8, 4) is 0 Å². The van der Waals surface area contributed by atoms with E-state index in [1.54, 1.807) is 0 Å². The van der Waals surface area contributed by atoms with Gasteiger partial charge in [0.1, 0.15) is 0 Å². The molecule has 1 fully saturated rings. The van der Waals surface area contributed by atoms with Crippen molar-refractivity contribution < 1.29 is 6.22 Å². The molecule has 0 aromatic carbocycles. The van der Waals surface area contributed by atoms with Gasteiger partial charge in [-0.2, -0.15) is 0 Å². The Morgan fingerprint density at radius 1 is 1.36 bits per heavy atom. The zero-order chi connectivity index (χ0) is 11.7. The summed E-state index contributed by atoms with van der Waals surface area (Å²) in [5, 5.41) is 0. The number of nitrogens with two attached hydrogens (primary N) is 1. The molecule has 1 atom stereocenters. The molecule has 1 aliphatic rings. The number of rotatable bonds is 1. The first-order valence-electron chi connectivity index (χ1n) is 5.63. The van der Waals surface area contributed by atoms with Crippen LogP contribution in [0, 0.1) is 0 Å². The lowest BCUT2D eigenvalue weighted by Gasteiger charge is -2.17. The fraction of sp³-hybridized carbons (Fsp3) is 0.909. The van der Waals surface area contributed by atoms with Crippen LogP contribution in [0.4, 0.5) is 0 Å². The Labute approximate surface area is 90.1 Å². The molecule has 1 aliphatic heterocycles. The second kappa shape index (κ2) is 9.16. The fourth-order valence-corrected chi connectivity index (χ4v) is 1.13. The first-order valence-corrected chi connectivity index (χ1v) is 5.63. The molecule has 88 valence electrons. The Hall–Kier alpha value is -0.410. The van der Waals surface area contributed by atoms with E-state index in [-0.39, 0.29) is 13.3 Å². The van der Waals surface area contributed by atoms with Gasteiger partial charge in [0.25, 0.3) is 0 Å². The fourth-order valence-electron chi connectivity index (χ4n) is 1.13. The van der Waals surface area contributed by atoms with Crippen molar-refractivity contribution in [2.45, 2.75) is 53.6 Å². The van der Waals surface area contributed by atoms with E-state index in [2.05, 4.69) is 18.7 Å². The molecule has 1 heterocycles. The van der Waals surface area contributed by atoms with Crippen LogP contribution < -0.4 is 5.73 Å². The lowest BCUT2D eigenvalue weighted by Crippen LogP contribution is -2.32. The number of likely N-dealkylation sites (tertiary alicyclic amines) is 1. The van der Waals surface area contributed by atoms with Crippen LogP contribution in [-0.4, -0.2) is 35.9 Å². The predicted octanol–water partition coefficient (Wildman–Crippen LogP) is 1.91. The van der Waals surface area contributed by atoms with E-state index in [0.29, 0.717) is 12.6 Å². The second-order valence-electron chi connectivity index (χ2n) is 3.10. The number of ketones is 1. The van der Waals surface area contributed by atoms with Crippen molar-refractivity contribution in [1.29, 1.82) is 0 Å². The molecule has 3 heteroatoms. The van der Waals surface area contributed by atoms with E-state index < -0.39 is 0 Å². The molecule has 0 bridgehead atoms. The van der Waals surface area contributed by atoms with Gasteiger partial charge in [-0.25, -0.2) is 0 Å². The molecule has 1 saturated heterocycles. The van der Waals surface area contributed by atoms with Crippen LogP contribution >= 0.6 is 0 Å². The summed E-state index contributed by atoms with van der Waals surface area (Å²) in [4.78, 5) is 13.0. The molecule has 1 rings (SSSR count). The largest absolute Gasteiger partial charge is 0.320 e. The van der Waals surface area contributed by atoms with Crippen molar-refractivity contribution in [2.75, 3.05) is 13.1 Å². The maximum absolute atomic E-state index is 10.9. The Balaban J connectivity index is -0.000000258. The number of carbonyl (C=O) groups is 1. The average molecular weight is 204 g/mol. The summed E-state index contributed by atoms with van der Waals surface area (Å²) in [5.74, 6) is 0.175. The van der Waals surface area contributed by atoms with Crippen LogP contribution in [0.25, 0.3) is 0 Å². The second-order valence-corrected chi connectivity index (χ2v) is 3.10. The topological polar surface area (TPSA) is 46.3 Å². The van der Waals surface area contributed by atoms with E-state index in [1.807, 2.05) is 27.7 Å².